The fourth-order valence-corrected chi connectivity index (χ4v) is 9.14. The first-order chi connectivity index (χ1) is 14.3. The van der Waals surface area contributed by atoms with Crippen molar-refractivity contribution in [3.05, 3.63) is 23.8 Å². The summed E-state index contributed by atoms with van der Waals surface area (Å²) >= 11 is 0. The highest BCUT2D eigenvalue weighted by Gasteiger charge is 2.58. The van der Waals surface area contributed by atoms with Crippen molar-refractivity contribution in [2.45, 2.75) is 97.5 Å². The predicted molar refractivity (Wildman–Crippen MR) is 121 cm³/mol. The second kappa shape index (κ2) is 7.57. The summed E-state index contributed by atoms with van der Waals surface area (Å²) < 4.78 is 0. The van der Waals surface area contributed by atoms with Gasteiger partial charge in [-0.05, 0) is 125 Å². The van der Waals surface area contributed by atoms with Crippen LogP contribution in [0.2, 0.25) is 0 Å². The van der Waals surface area contributed by atoms with Crippen LogP contribution >= 0.6 is 0 Å². The van der Waals surface area contributed by atoms with E-state index in [0.717, 1.165) is 60.5 Å². The molecule has 9 atom stereocenters. The largest absolute Gasteiger partial charge is 0.390 e. The summed E-state index contributed by atoms with van der Waals surface area (Å²) in [5.74, 6) is 6.02. The zero-order chi connectivity index (χ0) is 21.1. The van der Waals surface area contributed by atoms with Crippen molar-refractivity contribution in [3.63, 3.8) is 0 Å². The highest BCUT2D eigenvalue weighted by atomic mass is 16.3. The standard InChI is InChI=1S/C27H42N2O/c1-17(13-20-16-28-15-18(2)29-20)24-7-8-25-23-6-5-19-14-26(3,30)11-9-21(19)22(23)10-12-27(24,25)4/h15-17,19,21-25,30H,5-14H2,1-4H3/t17-,19-,21+,22-,23-,24-,25+,26-,27-/m1/s1. The number of aromatic nitrogens is 2. The number of aryl methyl sites for hydroxylation is 1. The summed E-state index contributed by atoms with van der Waals surface area (Å²) in [5, 5.41) is 10.6. The molecule has 0 amide bonds. The summed E-state index contributed by atoms with van der Waals surface area (Å²) in [6.07, 6.45) is 16.8. The molecule has 5 rings (SSSR count). The Morgan fingerprint density at radius 3 is 2.60 bits per heavy atom. The Labute approximate surface area is 183 Å². The molecule has 166 valence electrons. The zero-order valence-corrected chi connectivity index (χ0v) is 19.6. The Kier molecular flexibility index (Phi) is 5.28. The van der Waals surface area contributed by atoms with Gasteiger partial charge in [-0.15, -0.1) is 0 Å². The lowest BCUT2D eigenvalue weighted by Crippen LogP contribution is -2.50. The summed E-state index contributed by atoms with van der Waals surface area (Å²) in [6, 6.07) is 0. The first-order valence-corrected chi connectivity index (χ1v) is 12.8. The number of rotatable bonds is 3. The van der Waals surface area contributed by atoms with E-state index in [0.29, 0.717) is 11.3 Å². The molecule has 30 heavy (non-hydrogen) atoms. The average Bonchev–Trinajstić information content (AvgIpc) is 3.04. The van der Waals surface area contributed by atoms with Crippen molar-refractivity contribution in [2.75, 3.05) is 0 Å². The van der Waals surface area contributed by atoms with E-state index in [2.05, 4.69) is 32.7 Å². The number of nitrogens with zero attached hydrogens (tertiary/aromatic N) is 2. The number of hydrogen-bond acceptors (Lipinski definition) is 3. The van der Waals surface area contributed by atoms with Crippen LogP contribution in [0, 0.1) is 53.8 Å². The summed E-state index contributed by atoms with van der Waals surface area (Å²) in [4.78, 5) is 9.14. The van der Waals surface area contributed by atoms with E-state index >= 15 is 0 Å². The van der Waals surface area contributed by atoms with Crippen molar-refractivity contribution in [2.24, 2.45) is 46.8 Å². The molecule has 0 aromatic carbocycles. The Bertz CT molecular complexity index is 776. The Morgan fingerprint density at radius 2 is 1.80 bits per heavy atom. The molecule has 1 aromatic rings. The molecule has 1 aromatic heterocycles. The molecule has 1 N–H and O–H groups in total. The van der Waals surface area contributed by atoms with Crippen molar-refractivity contribution in [3.8, 4) is 0 Å². The highest BCUT2D eigenvalue weighted by molar-refractivity contribution is 5.09. The molecule has 3 nitrogen and oxygen atoms in total. The summed E-state index contributed by atoms with van der Waals surface area (Å²) in [5.41, 5.74) is 2.34. The van der Waals surface area contributed by atoms with Gasteiger partial charge in [-0.2, -0.15) is 0 Å². The number of aliphatic hydroxyl groups is 1. The molecule has 0 bridgehead atoms. The fourth-order valence-electron chi connectivity index (χ4n) is 9.14. The van der Waals surface area contributed by atoms with Gasteiger partial charge in [0.1, 0.15) is 0 Å². The van der Waals surface area contributed by atoms with Gasteiger partial charge in [-0.3, -0.25) is 9.97 Å². The molecule has 4 fully saturated rings. The molecule has 4 aliphatic carbocycles. The van der Waals surface area contributed by atoms with Gasteiger partial charge in [0.15, 0.2) is 0 Å². The second-order valence-corrected chi connectivity index (χ2v) is 12.2. The topological polar surface area (TPSA) is 46.0 Å². The minimum atomic E-state index is -0.399. The van der Waals surface area contributed by atoms with E-state index in [-0.39, 0.29) is 0 Å². The molecule has 0 aliphatic heterocycles. The van der Waals surface area contributed by atoms with Crippen LogP contribution in [-0.2, 0) is 6.42 Å². The molecular weight excluding hydrogens is 368 g/mol. The maximum absolute atomic E-state index is 10.6. The van der Waals surface area contributed by atoms with Crippen LogP contribution in [0.4, 0.5) is 0 Å². The van der Waals surface area contributed by atoms with Crippen molar-refractivity contribution in [1.29, 1.82) is 0 Å². The minimum absolute atomic E-state index is 0.399. The van der Waals surface area contributed by atoms with E-state index in [1.54, 1.807) is 0 Å². The SMILES string of the molecule is Cc1cncc(C[C@@H](C)[C@H]2CC[C@H]3[C@@H]4CC[C@@H]5C[C@](C)(O)CC[C@@H]5[C@H]4CC[C@]23C)n1. The van der Waals surface area contributed by atoms with Crippen LogP contribution in [0.1, 0.15) is 89.9 Å². The van der Waals surface area contributed by atoms with Gasteiger partial charge in [0.05, 0.1) is 17.0 Å². The van der Waals surface area contributed by atoms with Crippen LogP contribution in [0.3, 0.4) is 0 Å². The highest BCUT2D eigenvalue weighted by Crippen LogP contribution is 2.65. The molecule has 0 radical (unpaired) electrons. The van der Waals surface area contributed by atoms with Crippen molar-refractivity contribution < 1.29 is 5.11 Å². The van der Waals surface area contributed by atoms with Crippen LogP contribution in [0.5, 0.6) is 0 Å². The molecule has 0 spiro atoms. The van der Waals surface area contributed by atoms with Crippen molar-refractivity contribution >= 4 is 0 Å². The third-order valence-electron chi connectivity index (χ3n) is 10.3. The van der Waals surface area contributed by atoms with E-state index in [1.165, 1.54) is 50.6 Å². The molecule has 1 heterocycles. The van der Waals surface area contributed by atoms with Crippen molar-refractivity contribution in [1.82, 2.24) is 9.97 Å². The Morgan fingerprint density at radius 1 is 1.00 bits per heavy atom. The third kappa shape index (κ3) is 3.53. The predicted octanol–water partition coefficient (Wildman–Crippen LogP) is 5.98. The fraction of sp³-hybridized carbons (Fsp3) is 0.852. The lowest BCUT2D eigenvalue weighted by Gasteiger charge is -2.57. The monoisotopic (exact) mass is 410 g/mol. The Balaban J connectivity index is 1.30. The van der Waals surface area contributed by atoms with Gasteiger partial charge in [-0.1, -0.05) is 13.8 Å². The quantitative estimate of drug-likeness (QED) is 0.666. The normalized spacial score (nSPS) is 46.6. The smallest absolute Gasteiger partial charge is 0.0622 e. The number of hydrogen-bond donors (Lipinski definition) is 1. The lowest BCUT2D eigenvalue weighted by atomic mass is 9.48. The maximum Gasteiger partial charge on any atom is 0.0622 e. The summed E-state index contributed by atoms with van der Waals surface area (Å²) in [6.45, 7) is 9.27. The minimum Gasteiger partial charge on any atom is -0.390 e. The molecule has 0 unspecified atom stereocenters. The maximum atomic E-state index is 10.6. The van der Waals surface area contributed by atoms with E-state index in [4.69, 9.17) is 4.98 Å². The number of fused-ring (bicyclic) bond motifs is 5. The molecule has 4 aliphatic rings. The van der Waals surface area contributed by atoms with Gasteiger partial charge < -0.3 is 5.11 Å². The second-order valence-electron chi connectivity index (χ2n) is 12.2. The van der Waals surface area contributed by atoms with E-state index in [1.807, 2.05) is 12.4 Å². The van der Waals surface area contributed by atoms with Gasteiger partial charge >= 0.3 is 0 Å². The van der Waals surface area contributed by atoms with E-state index < -0.39 is 5.60 Å². The van der Waals surface area contributed by atoms with Crippen LogP contribution < -0.4 is 0 Å². The first kappa shape index (κ1) is 20.9. The van der Waals surface area contributed by atoms with Gasteiger partial charge in [0, 0.05) is 12.4 Å². The average molecular weight is 411 g/mol. The third-order valence-corrected chi connectivity index (χ3v) is 10.3. The van der Waals surface area contributed by atoms with Gasteiger partial charge in [0.25, 0.3) is 0 Å². The molecule has 3 heteroatoms. The van der Waals surface area contributed by atoms with Gasteiger partial charge in [0.2, 0.25) is 0 Å². The first-order valence-electron chi connectivity index (χ1n) is 12.8. The zero-order valence-electron chi connectivity index (χ0n) is 19.6. The molecule has 0 saturated heterocycles. The van der Waals surface area contributed by atoms with Crippen LogP contribution in [0.25, 0.3) is 0 Å². The Hall–Kier alpha value is -0.960. The van der Waals surface area contributed by atoms with Gasteiger partial charge in [-0.25, -0.2) is 0 Å². The van der Waals surface area contributed by atoms with E-state index in [9.17, 15) is 5.11 Å². The molecule has 4 saturated carbocycles. The summed E-state index contributed by atoms with van der Waals surface area (Å²) in [7, 11) is 0. The van der Waals surface area contributed by atoms with Crippen LogP contribution in [0.15, 0.2) is 12.4 Å². The van der Waals surface area contributed by atoms with Crippen LogP contribution in [-0.4, -0.2) is 20.7 Å². The molecular formula is C27H42N2O. The lowest BCUT2D eigenvalue weighted by molar-refractivity contribution is -0.102.